The molecule has 0 unspecified atom stereocenters. The molecular weight excluding hydrogens is 226 g/mol. The van der Waals surface area contributed by atoms with Crippen molar-refractivity contribution in [1.29, 1.82) is 0 Å². The summed E-state index contributed by atoms with van der Waals surface area (Å²) < 4.78 is 0. The van der Waals surface area contributed by atoms with E-state index in [2.05, 4.69) is 5.32 Å². The Morgan fingerprint density at radius 2 is 1.83 bits per heavy atom. The first-order valence-corrected chi connectivity index (χ1v) is 6.20. The van der Waals surface area contributed by atoms with Gasteiger partial charge in [0.2, 0.25) is 0 Å². The fourth-order valence-electron chi connectivity index (χ4n) is 2.30. The number of rotatable bonds is 2. The Morgan fingerprint density at radius 3 is 2.56 bits per heavy atom. The summed E-state index contributed by atoms with van der Waals surface area (Å²) in [6.07, 6.45) is 1.09. The molecule has 3 nitrogen and oxygen atoms in total. The molecule has 3 heteroatoms. The van der Waals surface area contributed by atoms with E-state index < -0.39 is 0 Å². The second kappa shape index (κ2) is 4.42. The molecule has 1 aliphatic carbocycles. The summed E-state index contributed by atoms with van der Waals surface area (Å²) in [6.45, 7) is 0. The fraction of sp³-hybridized carbons (Fsp3) is 0.267. The minimum atomic E-state index is -0.244. The van der Waals surface area contributed by atoms with Gasteiger partial charge in [-0.3, -0.25) is 4.79 Å². The van der Waals surface area contributed by atoms with Crippen LogP contribution in [0.3, 0.4) is 0 Å². The molecule has 0 radical (unpaired) electrons. The van der Waals surface area contributed by atoms with E-state index in [1.807, 2.05) is 42.5 Å². The van der Waals surface area contributed by atoms with E-state index in [4.69, 9.17) is 0 Å². The Kier molecular flexibility index (Phi) is 2.76. The lowest BCUT2D eigenvalue weighted by Crippen LogP contribution is -2.46. The van der Waals surface area contributed by atoms with Gasteiger partial charge in [-0.05, 0) is 35.7 Å². The van der Waals surface area contributed by atoms with E-state index in [-0.39, 0.29) is 18.1 Å². The van der Waals surface area contributed by atoms with Gasteiger partial charge in [-0.1, -0.05) is 30.3 Å². The number of hydrogen-bond donors (Lipinski definition) is 2. The van der Waals surface area contributed by atoms with Gasteiger partial charge < -0.3 is 10.4 Å². The first-order valence-electron chi connectivity index (χ1n) is 6.20. The third-order valence-electron chi connectivity index (χ3n) is 3.46. The number of benzene rings is 2. The molecule has 0 aliphatic heterocycles. The molecule has 0 heterocycles. The molecule has 18 heavy (non-hydrogen) atoms. The number of fused-ring (bicyclic) bond motifs is 1. The molecule has 0 aromatic heterocycles. The zero-order chi connectivity index (χ0) is 12.5. The maximum Gasteiger partial charge on any atom is 0.251 e. The molecule has 0 spiro atoms. The molecule has 2 N–H and O–H groups in total. The van der Waals surface area contributed by atoms with E-state index in [9.17, 15) is 9.90 Å². The van der Waals surface area contributed by atoms with Gasteiger partial charge in [0, 0.05) is 11.6 Å². The number of hydrogen-bond acceptors (Lipinski definition) is 2. The van der Waals surface area contributed by atoms with Crippen molar-refractivity contribution in [2.24, 2.45) is 0 Å². The first kappa shape index (κ1) is 11.2. The third kappa shape index (κ3) is 2.09. The van der Waals surface area contributed by atoms with Crippen LogP contribution in [0, 0.1) is 0 Å². The second-order valence-electron chi connectivity index (χ2n) is 4.86. The quantitative estimate of drug-likeness (QED) is 0.845. The Morgan fingerprint density at radius 1 is 1.11 bits per heavy atom. The molecule has 0 atom stereocenters. The minimum absolute atomic E-state index is 0.0577. The largest absolute Gasteiger partial charge is 0.393 e. The van der Waals surface area contributed by atoms with Gasteiger partial charge in [0.25, 0.3) is 5.91 Å². The van der Waals surface area contributed by atoms with E-state index >= 15 is 0 Å². The van der Waals surface area contributed by atoms with E-state index in [1.54, 1.807) is 0 Å². The van der Waals surface area contributed by atoms with Crippen LogP contribution in [0.25, 0.3) is 10.8 Å². The van der Waals surface area contributed by atoms with Crippen LogP contribution in [0.15, 0.2) is 42.5 Å². The second-order valence-corrected chi connectivity index (χ2v) is 4.86. The molecule has 1 aliphatic rings. The summed E-state index contributed by atoms with van der Waals surface area (Å²) in [7, 11) is 0. The zero-order valence-electron chi connectivity index (χ0n) is 9.97. The number of aliphatic hydroxyl groups excluding tert-OH is 1. The van der Waals surface area contributed by atoms with Crippen molar-refractivity contribution < 1.29 is 9.90 Å². The van der Waals surface area contributed by atoms with E-state index in [0.29, 0.717) is 18.4 Å². The first-order chi connectivity index (χ1) is 8.72. The van der Waals surface area contributed by atoms with Crippen LogP contribution in [0.2, 0.25) is 0 Å². The van der Waals surface area contributed by atoms with Crippen LogP contribution < -0.4 is 5.32 Å². The highest BCUT2D eigenvalue weighted by Crippen LogP contribution is 2.20. The van der Waals surface area contributed by atoms with Crippen molar-refractivity contribution in [1.82, 2.24) is 5.32 Å². The van der Waals surface area contributed by atoms with E-state index in [0.717, 1.165) is 10.8 Å². The number of aliphatic hydroxyl groups is 1. The molecule has 1 fully saturated rings. The third-order valence-corrected chi connectivity index (χ3v) is 3.46. The fourth-order valence-corrected chi connectivity index (χ4v) is 2.30. The van der Waals surface area contributed by atoms with Crippen molar-refractivity contribution in [3.8, 4) is 0 Å². The number of nitrogens with one attached hydrogen (secondary N) is 1. The van der Waals surface area contributed by atoms with Crippen LogP contribution in [-0.2, 0) is 0 Å². The van der Waals surface area contributed by atoms with Gasteiger partial charge in [0.05, 0.1) is 6.10 Å². The average Bonchev–Trinajstić information content (AvgIpc) is 2.36. The van der Waals surface area contributed by atoms with Crippen molar-refractivity contribution in [2.75, 3.05) is 0 Å². The maximum atomic E-state index is 12.0. The topological polar surface area (TPSA) is 49.3 Å². The summed E-state index contributed by atoms with van der Waals surface area (Å²) in [4.78, 5) is 12.0. The molecule has 2 aromatic rings. The van der Waals surface area contributed by atoms with Gasteiger partial charge in [-0.2, -0.15) is 0 Å². The number of amides is 1. The highest BCUT2D eigenvalue weighted by Gasteiger charge is 2.28. The van der Waals surface area contributed by atoms with Gasteiger partial charge in [0.15, 0.2) is 0 Å². The highest BCUT2D eigenvalue weighted by atomic mass is 16.3. The maximum absolute atomic E-state index is 12.0. The Hall–Kier alpha value is -1.87. The van der Waals surface area contributed by atoms with Gasteiger partial charge in [-0.25, -0.2) is 0 Å². The smallest absolute Gasteiger partial charge is 0.251 e. The summed E-state index contributed by atoms with van der Waals surface area (Å²) in [5, 5.41) is 14.3. The molecule has 2 aromatic carbocycles. The van der Waals surface area contributed by atoms with Crippen molar-refractivity contribution in [2.45, 2.75) is 25.0 Å². The Bertz CT molecular complexity index is 588. The molecule has 0 bridgehead atoms. The lowest BCUT2D eigenvalue weighted by atomic mass is 9.89. The van der Waals surface area contributed by atoms with Crippen LogP contribution in [-0.4, -0.2) is 23.2 Å². The molecule has 92 valence electrons. The summed E-state index contributed by atoms with van der Waals surface area (Å²) >= 11 is 0. The highest BCUT2D eigenvalue weighted by molar-refractivity contribution is 5.98. The summed E-state index contributed by atoms with van der Waals surface area (Å²) in [5.74, 6) is -0.0577. The lowest BCUT2D eigenvalue weighted by Gasteiger charge is -2.31. The van der Waals surface area contributed by atoms with Crippen molar-refractivity contribution in [3.05, 3.63) is 48.0 Å². The molecule has 0 saturated heterocycles. The average molecular weight is 241 g/mol. The van der Waals surface area contributed by atoms with Crippen molar-refractivity contribution in [3.63, 3.8) is 0 Å². The normalized spacial score (nSPS) is 22.5. The van der Waals surface area contributed by atoms with Crippen LogP contribution >= 0.6 is 0 Å². The zero-order valence-corrected chi connectivity index (χ0v) is 9.97. The van der Waals surface area contributed by atoms with Crippen LogP contribution in [0.4, 0.5) is 0 Å². The molecule has 3 rings (SSSR count). The molecule has 1 amide bonds. The number of carbonyl (C=O) groups excluding carboxylic acids is 1. The van der Waals surface area contributed by atoms with Crippen molar-refractivity contribution >= 4 is 16.7 Å². The Balaban J connectivity index is 1.79. The standard InChI is InChI=1S/C15H15NO2/c17-14-8-13(9-14)16-15(18)12-6-5-10-3-1-2-4-11(10)7-12/h1-7,13-14,17H,8-9H2,(H,16,18). The van der Waals surface area contributed by atoms with Crippen LogP contribution in [0.5, 0.6) is 0 Å². The predicted octanol–water partition coefficient (Wildman–Crippen LogP) is 2.09. The molecular formula is C15H15NO2. The monoisotopic (exact) mass is 241 g/mol. The lowest BCUT2D eigenvalue weighted by molar-refractivity contribution is 0.0563. The SMILES string of the molecule is O=C(NC1CC(O)C1)c1ccc2ccccc2c1. The predicted molar refractivity (Wildman–Crippen MR) is 70.4 cm³/mol. The Labute approximate surface area is 105 Å². The molecule has 1 saturated carbocycles. The van der Waals surface area contributed by atoms with Gasteiger partial charge >= 0.3 is 0 Å². The van der Waals surface area contributed by atoms with Crippen LogP contribution in [0.1, 0.15) is 23.2 Å². The van der Waals surface area contributed by atoms with Gasteiger partial charge in [-0.15, -0.1) is 0 Å². The minimum Gasteiger partial charge on any atom is -0.393 e. The summed E-state index contributed by atoms with van der Waals surface area (Å²) in [5.41, 5.74) is 0.676. The summed E-state index contributed by atoms with van der Waals surface area (Å²) in [6, 6.07) is 13.8. The number of carbonyl (C=O) groups is 1. The van der Waals surface area contributed by atoms with Gasteiger partial charge in [0.1, 0.15) is 0 Å². The van der Waals surface area contributed by atoms with E-state index in [1.165, 1.54) is 0 Å².